The van der Waals surface area contributed by atoms with Gasteiger partial charge in [0.25, 0.3) is 0 Å². The van der Waals surface area contributed by atoms with E-state index < -0.39 is 0 Å². The molecular weight excluding hydrogens is 2060 g/mol. The molecule has 0 spiro atoms. The van der Waals surface area contributed by atoms with Crippen molar-refractivity contribution in [3.8, 4) is 0 Å². The molecule has 0 aromatic heterocycles. The predicted molar refractivity (Wildman–Crippen MR) is 6.41 cm³/mol. The van der Waals surface area contributed by atoms with Crippen LogP contribution in [0.15, 0.2) is 0 Å². The molecule has 0 bridgehead atoms. The van der Waals surface area contributed by atoms with Gasteiger partial charge in [-0.2, -0.15) is 0 Å². The van der Waals surface area contributed by atoms with E-state index in [4.69, 9.17) is 0 Å². The van der Waals surface area contributed by atoms with Gasteiger partial charge in [-0.3, -0.25) is 0 Å². The Morgan fingerprint density at radius 3 is 0.0833 bits per heavy atom. The average Bonchev–Trinajstić information content (AvgIpc) is 0. The largest absolute Gasteiger partial charge is 0.358 e. The third-order valence-corrected chi connectivity index (χ3v) is 0. The third kappa shape index (κ3) is 158. The van der Waals surface area contributed by atoms with Crippen LogP contribution < -0.4 is 0 Å². The molecule has 0 heterocycles. The summed E-state index contributed by atoms with van der Waals surface area (Å²) in [5.74, 6) is 0. The molecule has 0 rings (SSSR count). The first-order chi connectivity index (χ1) is 0. The van der Waals surface area contributed by atoms with Crippen LogP contribution in [-0.2, 0) is 752 Å². The van der Waals surface area contributed by atoms with E-state index in [0.29, 0.717) is 0 Å². The van der Waals surface area contributed by atoms with Crippen molar-refractivity contribution in [2.45, 2.75) is 0 Å². The van der Waals surface area contributed by atoms with Gasteiger partial charge in [-0.05, 0) is 0 Å². The smallest absolute Gasteiger partial charge is 0 e. The minimum absolute atomic E-state index is 0. The van der Waals surface area contributed by atoms with Crippen LogP contribution in [0.5, 0.6) is 0 Å². The summed E-state index contributed by atoms with van der Waals surface area (Å²) < 4.78 is 0. The summed E-state index contributed by atoms with van der Waals surface area (Å²) in [6.07, 6.45) is 0. The summed E-state index contributed by atoms with van der Waals surface area (Å²) in [6, 6.07) is 0. The van der Waals surface area contributed by atoms with Crippen molar-refractivity contribution in [1.29, 1.82) is 0 Å². The molecule has 0 aromatic rings. The van der Waals surface area contributed by atoms with Gasteiger partial charge in [0, 0.05) is 752 Å². The fraction of sp³-hybridized carbons (Fsp3) is 0. The van der Waals surface area contributed by atoms with Crippen LogP contribution in [0.25, 0.3) is 0 Å². The van der Waals surface area contributed by atoms with Crippen LogP contribution in [-0.4, -0.2) is 0 Å². The van der Waals surface area contributed by atoms with Gasteiger partial charge in [0.15, 0.2) is 0 Å². The van der Waals surface area contributed by atoms with Crippen molar-refractivity contribution in [3.05, 3.63) is 7.43 Å². The summed E-state index contributed by atoms with van der Waals surface area (Å²) in [5.41, 5.74) is 0. The van der Waals surface area contributed by atoms with Crippen LogP contribution in [0, 0.1) is 7.43 Å². The van der Waals surface area contributed by atoms with Crippen LogP contribution in [0.3, 0.4) is 0 Å². The Morgan fingerprint density at radius 2 is 0.0833 bits per heavy atom. The molecule has 77 valence electrons. The first kappa shape index (κ1) is 179. The molecule has 24 heavy (non-hydrogen) atoms. The third-order valence-electron chi connectivity index (χ3n) is 0. The van der Waals surface area contributed by atoms with Crippen molar-refractivity contribution >= 4 is 0 Å². The first-order valence-electron chi connectivity index (χ1n) is 0. The SMILES string of the molecule is [CH3-].[Y].[Y].[Y].[Y].[Y].[Y].[Y].[Y].[Y].[Y].[Y].[Y].[Y].[Y].[Y].[Y].[Y].[Y].[Y].[Y].[Y].[Y].[Y]. The van der Waals surface area contributed by atoms with E-state index in [1.807, 2.05) is 0 Å². The van der Waals surface area contributed by atoms with Crippen LogP contribution in [0.4, 0.5) is 0 Å². The maximum atomic E-state index is 0. The molecule has 0 amide bonds. The van der Waals surface area contributed by atoms with Gasteiger partial charge >= 0.3 is 0 Å². The van der Waals surface area contributed by atoms with Crippen molar-refractivity contribution in [3.63, 3.8) is 0 Å². The molecule has 0 nitrogen and oxygen atoms in total. The van der Waals surface area contributed by atoms with Gasteiger partial charge in [0.05, 0.1) is 0 Å². The Bertz CT molecular complexity index is 6.00. The van der Waals surface area contributed by atoms with E-state index in [-0.39, 0.29) is 760 Å². The second-order valence-electron chi connectivity index (χ2n) is 0. The predicted octanol–water partition coefficient (Wildman–Crippen LogP) is 0.393. The van der Waals surface area contributed by atoms with E-state index in [0.717, 1.165) is 0 Å². The molecule has 23 radical (unpaired) electrons. The Kier molecular flexibility index (Phi) is 1260. The Hall–Kier alpha value is 25.4. The second kappa shape index (κ2) is 169. The Labute approximate surface area is 731 Å². The average molecular weight is 2060 g/mol. The van der Waals surface area contributed by atoms with Gasteiger partial charge in [-0.25, -0.2) is 0 Å². The van der Waals surface area contributed by atoms with Gasteiger partial charge in [-0.15, -0.1) is 0 Å². The minimum atomic E-state index is 0. The molecule has 0 aliphatic heterocycles. The summed E-state index contributed by atoms with van der Waals surface area (Å²) >= 11 is 0. The Morgan fingerprint density at radius 1 is 0.0833 bits per heavy atom. The second-order valence-corrected chi connectivity index (χ2v) is 0. The number of hydrogen-bond donors (Lipinski definition) is 0. The van der Waals surface area contributed by atoms with Gasteiger partial charge < -0.3 is 7.43 Å². The van der Waals surface area contributed by atoms with Crippen molar-refractivity contribution in [1.82, 2.24) is 0 Å². The molecule has 0 aliphatic rings. The zero-order valence-electron chi connectivity index (χ0n) is 14.3. The maximum Gasteiger partial charge on any atom is 0 e. The quantitative estimate of drug-likeness (QED) is 0.309. The zero-order valence-corrected chi connectivity index (χ0v) is 79.6. The molecule has 0 unspecified atom stereocenters. The molecular formula is CH3Y23-. The molecule has 0 aliphatic carbocycles. The molecule has 23 heteroatoms. The van der Waals surface area contributed by atoms with E-state index in [2.05, 4.69) is 0 Å². The molecule has 0 aromatic carbocycles. The van der Waals surface area contributed by atoms with Crippen molar-refractivity contribution in [2.24, 2.45) is 0 Å². The standard InChI is InChI=1S/CH3.23Y/h1H3;;;;;;;;;;;;;;;;;;;;;;;/q-1;;;;;;;;;;;;;;;;;;;;;;;. The van der Waals surface area contributed by atoms with Gasteiger partial charge in [-0.1, -0.05) is 0 Å². The zero-order chi connectivity index (χ0) is 0. The fourth-order valence-corrected chi connectivity index (χ4v) is 0. The van der Waals surface area contributed by atoms with Crippen LogP contribution in [0.1, 0.15) is 0 Å². The summed E-state index contributed by atoms with van der Waals surface area (Å²) in [5, 5.41) is 0. The maximum absolute atomic E-state index is 0. The van der Waals surface area contributed by atoms with E-state index in [9.17, 15) is 0 Å². The van der Waals surface area contributed by atoms with E-state index in [1.54, 1.807) is 0 Å². The van der Waals surface area contributed by atoms with Crippen LogP contribution >= 0.6 is 0 Å². The topological polar surface area (TPSA) is 0 Å². The molecule has 0 atom stereocenters. The molecule has 0 N–H and O–H groups in total. The molecule has 0 saturated carbocycles. The fourth-order valence-electron chi connectivity index (χ4n) is 0. The van der Waals surface area contributed by atoms with Crippen LogP contribution in [0.2, 0.25) is 0 Å². The van der Waals surface area contributed by atoms with E-state index >= 15 is 0 Å². The minimum Gasteiger partial charge on any atom is -0.358 e. The summed E-state index contributed by atoms with van der Waals surface area (Å²) in [4.78, 5) is 0. The van der Waals surface area contributed by atoms with Crippen molar-refractivity contribution in [2.75, 3.05) is 0 Å². The summed E-state index contributed by atoms with van der Waals surface area (Å²) in [6.45, 7) is 0. The number of rotatable bonds is 0. The molecule has 0 saturated heterocycles. The molecule has 0 fully saturated rings. The monoisotopic (exact) mass is 2060 g/mol. The normalized spacial score (nSPS) is 0. The van der Waals surface area contributed by atoms with Gasteiger partial charge in [0.2, 0.25) is 0 Å². The number of hydrogen-bond acceptors (Lipinski definition) is 0. The Balaban J connectivity index is 0. The van der Waals surface area contributed by atoms with Gasteiger partial charge in [0.1, 0.15) is 0 Å². The first-order valence-corrected chi connectivity index (χ1v) is 0. The summed E-state index contributed by atoms with van der Waals surface area (Å²) in [7, 11) is 0. The van der Waals surface area contributed by atoms with Crippen molar-refractivity contribution < 1.29 is 752 Å². The van der Waals surface area contributed by atoms with E-state index in [1.165, 1.54) is 0 Å².